The lowest BCUT2D eigenvalue weighted by Gasteiger charge is -2.12. The molecule has 0 saturated carbocycles. The molecule has 11 heteroatoms. The molecule has 0 aliphatic rings. The van der Waals surface area contributed by atoms with E-state index in [1.807, 2.05) is 0 Å². The Morgan fingerprint density at radius 1 is 0.366 bits per heavy atom. The van der Waals surface area contributed by atoms with Gasteiger partial charge in [0.25, 0.3) is 0 Å². The summed E-state index contributed by atoms with van der Waals surface area (Å²) in [4.78, 5) is 9.69. The van der Waals surface area contributed by atoms with Crippen molar-refractivity contribution in [2.45, 2.75) is 104 Å². The van der Waals surface area contributed by atoms with Crippen LogP contribution in [-0.4, -0.2) is 97.4 Å². The number of hydrogen-bond acceptors (Lipinski definition) is 9. The quantitative estimate of drug-likeness (QED) is 0.0603. The van der Waals surface area contributed by atoms with Crippen molar-refractivity contribution < 1.29 is 46.9 Å². The summed E-state index contributed by atoms with van der Waals surface area (Å²) in [7, 11) is -4.13. The molecule has 0 heterocycles. The molecule has 0 atom stereocenters. The van der Waals surface area contributed by atoms with Crippen LogP contribution in [0.4, 0.5) is 0 Å². The fourth-order valence-corrected chi connectivity index (χ4v) is 4.55. The van der Waals surface area contributed by atoms with Gasteiger partial charge in [-0.3, -0.25) is 9.05 Å². The highest BCUT2D eigenvalue weighted by Gasteiger charge is 2.20. The van der Waals surface area contributed by atoms with Gasteiger partial charge in [-0.2, -0.15) is 0 Å². The lowest BCUT2D eigenvalue weighted by Crippen LogP contribution is -2.13. The van der Waals surface area contributed by atoms with E-state index in [-0.39, 0.29) is 26.4 Å². The van der Waals surface area contributed by atoms with Gasteiger partial charge in [-0.15, -0.1) is 0 Å². The lowest BCUT2D eigenvalue weighted by atomic mass is 10.1. The molecule has 0 amide bonds. The molecule has 0 aliphatic carbocycles. The van der Waals surface area contributed by atoms with E-state index in [0.29, 0.717) is 52.9 Å². The van der Waals surface area contributed by atoms with E-state index in [2.05, 4.69) is 13.8 Å². The van der Waals surface area contributed by atoms with Crippen molar-refractivity contribution in [1.82, 2.24) is 0 Å². The van der Waals surface area contributed by atoms with Crippen molar-refractivity contribution in [3.63, 3.8) is 0 Å². The Labute approximate surface area is 251 Å². The van der Waals surface area contributed by atoms with Crippen LogP contribution < -0.4 is 0 Å². The van der Waals surface area contributed by atoms with Gasteiger partial charge >= 0.3 is 7.82 Å². The molecule has 248 valence electrons. The number of phosphoric acid groups is 1. The third-order valence-electron chi connectivity index (χ3n) is 6.24. The normalized spacial score (nSPS) is 12.0. The van der Waals surface area contributed by atoms with Gasteiger partial charge in [-0.05, 0) is 12.8 Å². The van der Waals surface area contributed by atoms with E-state index in [4.69, 9.17) is 37.5 Å². The molecule has 0 aromatic carbocycles. The van der Waals surface area contributed by atoms with Crippen LogP contribution >= 0.6 is 7.82 Å². The van der Waals surface area contributed by atoms with E-state index in [0.717, 1.165) is 26.1 Å². The molecule has 1 N–H and O–H groups in total. The molecule has 0 fully saturated rings. The predicted molar refractivity (Wildman–Crippen MR) is 163 cm³/mol. The Balaban J connectivity index is 3.26. The van der Waals surface area contributed by atoms with Crippen LogP contribution in [0, 0.1) is 0 Å². The molecule has 0 radical (unpaired) electrons. The number of rotatable bonds is 36. The third-order valence-corrected chi connectivity index (χ3v) is 7.25. The first kappa shape index (κ1) is 40.9. The smallest absolute Gasteiger partial charge is 0.379 e. The standard InChI is InChI=1S/C30H63O10P/c1-3-5-7-9-11-13-15-17-33-19-21-35-23-25-37-27-29-39-41(31,32)40-30-28-38-26-24-36-22-20-34-18-16-14-12-10-8-6-4-2/h3-30H2,1-2H3,(H,31,32). The second-order valence-electron chi connectivity index (χ2n) is 10.1. The van der Waals surface area contributed by atoms with Crippen molar-refractivity contribution in [2.24, 2.45) is 0 Å². The molecule has 0 spiro atoms. The molecule has 0 saturated heterocycles. The van der Waals surface area contributed by atoms with Gasteiger partial charge in [0.1, 0.15) is 0 Å². The SMILES string of the molecule is CCCCCCCCCOCCOCCOCCOP(=O)(O)OCCOCCOCCOCCCCCCCCC. The number of unbranched alkanes of at least 4 members (excludes halogenated alkanes) is 12. The average molecular weight is 615 g/mol. The molecule has 0 aliphatic heterocycles. The Morgan fingerprint density at radius 3 is 0.927 bits per heavy atom. The summed E-state index contributed by atoms with van der Waals surface area (Å²) in [5.74, 6) is 0. The molecule has 41 heavy (non-hydrogen) atoms. The zero-order valence-corrected chi connectivity index (χ0v) is 27.3. The highest BCUT2D eigenvalue weighted by atomic mass is 31.2. The van der Waals surface area contributed by atoms with Crippen LogP contribution in [0.5, 0.6) is 0 Å². The minimum atomic E-state index is -4.13. The third kappa shape index (κ3) is 36.0. The van der Waals surface area contributed by atoms with Gasteiger partial charge in [0.2, 0.25) is 0 Å². The van der Waals surface area contributed by atoms with Crippen LogP contribution in [0.15, 0.2) is 0 Å². The van der Waals surface area contributed by atoms with Crippen LogP contribution in [0.25, 0.3) is 0 Å². The van der Waals surface area contributed by atoms with Crippen molar-refractivity contribution in [1.29, 1.82) is 0 Å². The second kappa shape index (κ2) is 34.4. The minimum absolute atomic E-state index is 0.0505. The second-order valence-corrected chi connectivity index (χ2v) is 11.5. The van der Waals surface area contributed by atoms with Crippen LogP contribution in [0.3, 0.4) is 0 Å². The first-order chi connectivity index (χ1) is 20.1. The average Bonchev–Trinajstić information content (AvgIpc) is 2.96. The maximum absolute atomic E-state index is 11.9. The molecule has 0 aromatic heterocycles. The molecule has 0 rings (SSSR count). The summed E-state index contributed by atoms with van der Waals surface area (Å²) >= 11 is 0. The summed E-state index contributed by atoms with van der Waals surface area (Å²) in [5, 5.41) is 0. The summed E-state index contributed by atoms with van der Waals surface area (Å²) in [6, 6.07) is 0. The summed E-state index contributed by atoms with van der Waals surface area (Å²) in [6.07, 6.45) is 17.8. The van der Waals surface area contributed by atoms with Crippen molar-refractivity contribution in [3.8, 4) is 0 Å². The Morgan fingerprint density at radius 2 is 0.610 bits per heavy atom. The maximum atomic E-state index is 11.9. The van der Waals surface area contributed by atoms with Crippen LogP contribution in [0.2, 0.25) is 0 Å². The summed E-state index contributed by atoms with van der Waals surface area (Å²) in [5.41, 5.74) is 0. The van der Waals surface area contributed by atoms with E-state index in [1.165, 1.54) is 77.0 Å². The van der Waals surface area contributed by atoms with Crippen molar-refractivity contribution in [3.05, 3.63) is 0 Å². The zero-order valence-electron chi connectivity index (χ0n) is 26.4. The van der Waals surface area contributed by atoms with E-state index >= 15 is 0 Å². The molecule has 0 unspecified atom stereocenters. The Hall–Kier alpha value is -0.130. The van der Waals surface area contributed by atoms with E-state index in [1.54, 1.807) is 0 Å². The largest absolute Gasteiger partial charge is 0.472 e. The Kier molecular flexibility index (Phi) is 34.3. The first-order valence-electron chi connectivity index (χ1n) is 16.2. The van der Waals surface area contributed by atoms with Crippen molar-refractivity contribution >= 4 is 7.82 Å². The molecule has 0 bridgehead atoms. The molecule has 0 aromatic rings. The first-order valence-corrected chi connectivity index (χ1v) is 17.7. The minimum Gasteiger partial charge on any atom is -0.379 e. The van der Waals surface area contributed by atoms with E-state index in [9.17, 15) is 9.46 Å². The number of ether oxygens (including phenoxy) is 6. The monoisotopic (exact) mass is 614 g/mol. The predicted octanol–water partition coefficient (Wildman–Crippen LogP) is 6.72. The van der Waals surface area contributed by atoms with Gasteiger partial charge in [0.15, 0.2) is 0 Å². The van der Waals surface area contributed by atoms with Crippen LogP contribution in [0.1, 0.15) is 104 Å². The van der Waals surface area contributed by atoms with Gasteiger partial charge in [0, 0.05) is 13.2 Å². The van der Waals surface area contributed by atoms with Crippen LogP contribution in [-0.2, 0) is 42.0 Å². The number of phosphoric ester groups is 1. The van der Waals surface area contributed by atoms with Gasteiger partial charge in [0.05, 0.1) is 79.3 Å². The van der Waals surface area contributed by atoms with E-state index < -0.39 is 7.82 Å². The zero-order chi connectivity index (χ0) is 30.0. The topological polar surface area (TPSA) is 111 Å². The fraction of sp³-hybridized carbons (Fsp3) is 1.00. The van der Waals surface area contributed by atoms with Gasteiger partial charge in [-0.1, -0.05) is 90.9 Å². The fourth-order valence-electron chi connectivity index (χ4n) is 3.87. The Bertz CT molecular complexity index is 499. The maximum Gasteiger partial charge on any atom is 0.472 e. The summed E-state index contributed by atoms with van der Waals surface area (Å²) in [6.45, 7) is 10.1. The number of hydrogen-bond donors (Lipinski definition) is 1. The molecular formula is C30H63O10P. The highest BCUT2D eigenvalue weighted by molar-refractivity contribution is 7.47. The summed E-state index contributed by atoms with van der Waals surface area (Å²) < 4.78 is 54.3. The molecular weight excluding hydrogens is 551 g/mol. The lowest BCUT2D eigenvalue weighted by molar-refractivity contribution is 0.000937. The van der Waals surface area contributed by atoms with Gasteiger partial charge in [-0.25, -0.2) is 4.57 Å². The van der Waals surface area contributed by atoms with Crippen molar-refractivity contribution in [2.75, 3.05) is 92.5 Å². The molecule has 10 nitrogen and oxygen atoms in total. The highest BCUT2D eigenvalue weighted by Crippen LogP contribution is 2.42. The van der Waals surface area contributed by atoms with Gasteiger partial charge < -0.3 is 33.3 Å².